The quantitative estimate of drug-likeness (QED) is 0.748. The molecule has 0 spiro atoms. The molecule has 125 valence electrons. The first-order valence-corrected chi connectivity index (χ1v) is 7.87. The molecule has 0 aliphatic carbocycles. The molecule has 1 unspecified atom stereocenters. The number of methoxy groups -OCH3 is 1. The van der Waals surface area contributed by atoms with E-state index in [1.165, 1.54) is 0 Å². The fraction of sp³-hybridized carbons (Fsp3) is 0.375. The van der Waals surface area contributed by atoms with E-state index >= 15 is 0 Å². The second-order valence-corrected chi connectivity index (χ2v) is 5.73. The number of hydrogen-bond acceptors (Lipinski definition) is 6. The van der Waals surface area contributed by atoms with E-state index in [1.54, 1.807) is 17.8 Å². The Balaban J connectivity index is 1.61. The number of aromatic nitrogens is 5. The molecule has 0 aromatic carbocycles. The van der Waals surface area contributed by atoms with Crippen molar-refractivity contribution in [2.75, 3.05) is 19.0 Å². The lowest BCUT2D eigenvalue weighted by Gasteiger charge is -2.04. The van der Waals surface area contributed by atoms with E-state index in [2.05, 4.69) is 32.0 Å². The fourth-order valence-corrected chi connectivity index (χ4v) is 2.73. The third-order valence-corrected chi connectivity index (χ3v) is 4.16. The lowest BCUT2D eigenvalue weighted by atomic mass is 10.2. The lowest BCUT2D eigenvalue weighted by molar-refractivity contribution is 0.111. The van der Waals surface area contributed by atoms with Crippen molar-refractivity contribution in [2.45, 2.75) is 25.6 Å². The second-order valence-electron chi connectivity index (χ2n) is 5.73. The summed E-state index contributed by atoms with van der Waals surface area (Å²) in [5.74, 6) is 1.47. The van der Waals surface area contributed by atoms with Crippen molar-refractivity contribution < 1.29 is 9.47 Å². The number of nitrogens with one attached hydrogen (secondary N) is 2. The summed E-state index contributed by atoms with van der Waals surface area (Å²) in [4.78, 5) is 4.41. The molecule has 8 heteroatoms. The van der Waals surface area contributed by atoms with Gasteiger partial charge in [0.05, 0.1) is 24.1 Å². The summed E-state index contributed by atoms with van der Waals surface area (Å²) in [7, 11) is 1.67. The van der Waals surface area contributed by atoms with Crippen LogP contribution in [0.2, 0.25) is 0 Å². The van der Waals surface area contributed by atoms with Gasteiger partial charge in [0.25, 0.3) is 0 Å². The van der Waals surface area contributed by atoms with Crippen molar-refractivity contribution in [1.29, 1.82) is 0 Å². The fourth-order valence-electron chi connectivity index (χ4n) is 2.73. The number of hydrogen-bond donors (Lipinski definition) is 2. The van der Waals surface area contributed by atoms with Crippen molar-refractivity contribution in [3.63, 3.8) is 0 Å². The Morgan fingerprint density at radius 2 is 2.38 bits per heavy atom. The first-order valence-electron chi connectivity index (χ1n) is 7.87. The van der Waals surface area contributed by atoms with Gasteiger partial charge in [-0.25, -0.2) is 9.50 Å². The molecule has 3 aromatic rings. The molecule has 1 saturated heterocycles. The SMILES string of the molecule is COC(C)c1cc2c(Nc3cc([C@H]4C[CH]CO4)n[nH]3)nccn2n1. The predicted octanol–water partition coefficient (Wildman–Crippen LogP) is 2.57. The Kier molecular flexibility index (Phi) is 3.91. The summed E-state index contributed by atoms with van der Waals surface area (Å²) < 4.78 is 12.7. The molecule has 2 atom stereocenters. The zero-order chi connectivity index (χ0) is 16.5. The van der Waals surface area contributed by atoms with Gasteiger partial charge in [0.1, 0.15) is 17.4 Å². The molecule has 0 bridgehead atoms. The highest BCUT2D eigenvalue weighted by atomic mass is 16.5. The number of rotatable bonds is 5. The van der Waals surface area contributed by atoms with Crippen LogP contribution in [0.3, 0.4) is 0 Å². The Morgan fingerprint density at radius 3 is 3.17 bits per heavy atom. The van der Waals surface area contributed by atoms with Crippen molar-refractivity contribution >= 4 is 17.2 Å². The van der Waals surface area contributed by atoms with Crippen LogP contribution in [0.25, 0.3) is 5.52 Å². The van der Waals surface area contributed by atoms with Gasteiger partial charge < -0.3 is 14.8 Å². The van der Waals surface area contributed by atoms with Gasteiger partial charge in [-0.05, 0) is 25.8 Å². The maximum Gasteiger partial charge on any atom is 0.157 e. The molecular weight excluding hydrogens is 308 g/mol. The molecule has 4 heterocycles. The van der Waals surface area contributed by atoms with Crippen molar-refractivity contribution in [1.82, 2.24) is 24.8 Å². The van der Waals surface area contributed by atoms with Gasteiger partial charge in [-0.3, -0.25) is 5.10 Å². The second kappa shape index (κ2) is 6.21. The van der Waals surface area contributed by atoms with Crippen LogP contribution in [0.1, 0.15) is 36.9 Å². The van der Waals surface area contributed by atoms with Gasteiger partial charge in [0, 0.05) is 25.6 Å². The number of ether oxygens (including phenoxy) is 2. The lowest BCUT2D eigenvalue weighted by Crippen LogP contribution is -1.98. The Bertz CT molecular complexity index is 836. The monoisotopic (exact) mass is 327 g/mol. The minimum atomic E-state index is -0.0766. The van der Waals surface area contributed by atoms with E-state index in [-0.39, 0.29) is 12.2 Å². The van der Waals surface area contributed by atoms with E-state index in [4.69, 9.17) is 9.47 Å². The number of nitrogens with zero attached hydrogens (tertiary/aromatic N) is 4. The predicted molar refractivity (Wildman–Crippen MR) is 87.9 cm³/mol. The molecule has 0 amide bonds. The maximum atomic E-state index is 5.61. The van der Waals surface area contributed by atoms with E-state index in [0.29, 0.717) is 12.4 Å². The van der Waals surface area contributed by atoms with Crippen molar-refractivity contribution in [3.8, 4) is 0 Å². The number of H-pyrrole nitrogens is 1. The van der Waals surface area contributed by atoms with Gasteiger partial charge >= 0.3 is 0 Å². The molecule has 1 aliphatic rings. The molecule has 2 N–H and O–H groups in total. The molecule has 8 nitrogen and oxygen atoms in total. The van der Waals surface area contributed by atoms with E-state index in [1.807, 2.05) is 25.3 Å². The summed E-state index contributed by atoms with van der Waals surface area (Å²) in [5.41, 5.74) is 2.62. The van der Waals surface area contributed by atoms with Crippen LogP contribution in [0, 0.1) is 6.42 Å². The standard InChI is InChI=1S/C16H19N6O2/c1-10(23-2)11-8-13-16(17-5-6-22(13)21-11)18-15-9-12(19-20-15)14-4-3-7-24-14/h3,5-6,8-10,14H,4,7H2,1-2H3,(H2,17,18,19,20)/t10?,14-/m1/s1. The Morgan fingerprint density at radius 1 is 1.46 bits per heavy atom. The third-order valence-electron chi connectivity index (χ3n) is 4.16. The number of fused-ring (bicyclic) bond motifs is 1. The van der Waals surface area contributed by atoms with Crippen molar-refractivity contribution in [2.24, 2.45) is 0 Å². The van der Waals surface area contributed by atoms with Crippen LogP contribution in [-0.4, -0.2) is 38.5 Å². The first-order chi connectivity index (χ1) is 11.7. The summed E-state index contributed by atoms with van der Waals surface area (Å²) in [5, 5.41) is 15.1. The van der Waals surface area contributed by atoms with Crippen LogP contribution < -0.4 is 5.32 Å². The summed E-state index contributed by atoms with van der Waals surface area (Å²) >= 11 is 0. The maximum absolute atomic E-state index is 5.61. The smallest absolute Gasteiger partial charge is 0.157 e. The van der Waals surface area contributed by atoms with Crippen LogP contribution >= 0.6 is 0 Å². The van der Waals surface area contributed by atoms with Crippen LogP contribution in [0.15, 0.2) is 24.5 Å². The van der Waals surface area contributed by atoms with E-state index in [0.717, 1.165) is 29.1 Å². The average molecular weight is 327 g/mol. The number of aromatic amines is 1. The summed E-state index contributed by atoms with van der Waals surface area (Å²) in [6.07, 6.45) is 6.47. The number of anilines is 2. The molecule has 3 aromatic heterocycles. The van der Waals surface area contributed by atoms with Crippen LogP contribution in [0.4, 0.5) is 11.6 Å². The highest BCUT2D eigenvalue weighted by Crippen LogP contribution is 2.29. The van der Waals surface area contributed by atoms with Gasteiger partial charge in [-0.15, -0.1) is 0 Å². The molecule has 4 rings (SSSR count). The molecule has 0 saturated carbocycles. The largest absolute Gasteiger partial charge is 0.375 e. The summed E-state index contributed by atoms with van der Waals surface area (Å²) in [6.45, 7) is 2.64. The molecular formula is C16H19N6O2. The highest BCUT2D eigenvalue weighted by Gasteiger charge is 2.21. The third kappa shape index (κ3) is 2.74. The normalized spacial score (nSPS) is 19.0. The molecule has 24 heavy (non-hydrogen) atoms. The van der Waals surface area contributed by atoms with Gasteiger partial charge in [0.2, 0.25) is 0 Å². The van der Waals surface area contributed by atoms with Crippen molar-refractivity contribution in [3.05, 3.63) is 42.3 Å². The first kappa shape index (κ1) is 15.1. The summed E-state index contributed by atoms with van der Waals surface area (Å²) in [6, 6.07) is 3.92. The molecule has 1 radical (unpaired) electrons. The van der Waals surface area contributed by atoms with E-state index in [9.17, 15) is 0 Å². The molecule has 1 fully saturated rings. The topological polar surface area (TPSA) is 89.4 Å². The van der Waals surface area contributed by atoms with Gasteiger partial charge in [-0.1, -0.05) is 0 Å². The minimum Gasteiger partial charge on any atom is -0.375 e. The Labute approximate surface area is 139 Å². The zero-order valence-corrected chi connectivity index (χ0v) is 13.6. The average Bonchev–Trinajstić information content (AvgIpc) is 3.33. The van der Waals surface area contributed by atoms with Gasteiger partial charge in [0.15, 0.2) is 5.82 Å². The van der Waals surface area contributed by atoms with Crippen LogP contribution in [-0.2, 0) is 9.47 Å². The minimum absolute atomic E-state index is 0.0321. The van der Waals surface area contributed by atoms with Gasteiger partial charge in [-0.2, -0.15) is 10.2 Å². The van der Waals surface area contributed by atoms with E-state index < -0.39 is 0 Å². The molecule has 1 aliphatic heterocycles. The highest BCUT2D eigenvalue weighted by molar-refractivity contribution is 5.72. The van der Waals surface area contributed by atoms with Crippen LogP contribution in [0.5, 0.6) is 0 Å². The zero-order valence-electron chi connectivity index (χ0n) is 13.6. The Hall–Kier alpha value is -2.45.